The highest BCUT2D eigenvalue weighted by Gasteiger charge is 2.24. The van der Waals surface area contributed by atoms with E-state index in [4.69, 9.17) is 11.6 Å². The smallest absolute Gasteiger partial charge is 0.119 e. The molecule has 0 radical (unpaired) electrons. The SMILES string of the molecule is Oc1cccc2c1CCC2Nc1ccc(Br)c(Cl)c1. The number of hydrogen-bond donors (Lipinski definition) is 2. The van der Waals surface area contributed by atoms with Crippen LogP contribution in [0, 0.1) is 0 Å². The minimum absolute atomic E-state index is 0.236. The second-order valence-corrected chi connectivity index (χ2v) is 5.97. The molecule has 1 unspecified atom stereocenters. The fourth-order valence-electron chi connectivity index (χ4n) is 2.57. The molecular weight excluding hydrogens is 326 g/mol. The van der Waals surface area contributed by atoms with E-state index in [-0.39, 0.29) is 6.04 Å². The van der Waals surface area contributed by atoms with Gasteiger partial charge in [0.25, 0.3) is 0 Å². The van der Waals surface area contributed by atoms with Crippen molar-refractivity contribution in [2.75, 3.05) is 5.32 Å². The highest BCUT2D eigenvalue weighted by molar-refractivity contribution is 9.10. The van der Waals surface area contributed by atoms with Crippen LogP contribution in [0.15, 0.2) is 40.9 Å². The van der Waals surface area contributed by atoms with Gasteiger partial charge in [-0.25, -0.2) is 0 Å². The number of hydrogen-bond acceptors (Lipinski definition) is 2. The average molecular weight is 339 g/mol. The zero-order valence-electron chi connectivity index (χ0n) is 10.2. The van der Waals surface area contributed by atoms with Crippen molar-refractivity contribution >= 4 is 33.2 Å². The molecule has 98 valence electrons. The van der Waals surface area contributed by atoms with Crippen molar-refractivity contribution in [2.45, 2.75) is 18.9 Å². The van der Waals surface area contributed by atoms with Gasteiger partial charge < -0.3 is 10.4 Å². The standard InChI is InChI=1S/C15H13BrClNO/c16-12-6-4-9(8-13(12)17)18-14-7-5-11-10(14)2-1-3-15(11)19/h1-4,6,8,14,18-19H,5,7H2. The maximum atomic E-state index is 9.84. The van der Waals surface area contributed by atoms with Crippen LogP contribution in [0.3, 0.4) is 0 Å². The van der Waals surface area contributed by atoms with Gasteiger partial charge in [-0.05, 0) is 64.2 Å². The molecule has 1 atom stereocenters. The Hall–Kier alpha value is -1.19. The van der Waals surface area contributed by atoms with Crippen molar-refractivity contribution in [3.63, 3.8) is 0 Å². The highest BCUT2D eigenvalue weighted by atomic mass is 79.9. The minimum Gasteiger partial charge on any atom is -0.508 e. The Bertz CT molecular complexity index is 630. The van der Waals surface area contributed by atoms with Gasteiger partial charge in [0.1, 0.15) is 5.75 Å². The van der Waals surface area contributed by atoms with E-state index in [1.807, 2.05) is 24.3 Å². The third kappa shape index (κ3) is 2.45. The predicted octanol–water partition coefficient (Wildman–Crippen LogP) is 4.91. The van der Waals surface area contributed by atoms with Gasteiger partial charge in [0.15, 0.2) is 0 Å². The van der Waals surface area contributed by atoms with Crippen molar-refractivity contribution in [2.24, 2.45) is 0 Å². The van der Waals surface area contributed by atoms with Crippen LogP contribution in [0.1, 0.15) is 23.6 Å². The molecule has 19 heavy (non-hydrogen) atoms. The molecule has 0 spiro atoms. The Balaban J connectivity index is 1.86. The van der Waals surface area contributed by atoms with Crippen LogP contribution in [0.25, 0.3) is 0 Å². The maximum absolute atomic E-state index is 9.84. The molecule has 0 heterocycles. The van der Waals surface area contributed by atoms with Crippen LogP contribution >= 0.6 is 27.5 Å². The van der Waals surface area contributed by atoms with Gasteiger partial charge in [-0.3, -0.25) is 0 Å². The molecule has 4 heteroatoms. The molecule has 3 rings (SSSR count). The van der Waals surface area contributed by atoms with Crippen molar-refractivity contribution in [1.29, 1.82) is 0 Å². The molecule has 1 aliphatic carbocycles. The molecule has 0 saturated carbocycles. The molecular formula is C15H13BrClNO. The lowest BCUT2D eigenvalue weighted by Gasteiger charge is -2.16. The second-order valence-electron chi connectivity index (χ2n) is 4.71. The number of anilines is 1. The van der Waals surface area contributed by atoms with Gasteiger partial charge in [0.2, 0.25) is 0 Å². The number of benzene rings is 2. The summed E-state index contributed by atoms with van der Waals surface area (Å²) in [5.41, 5.74) is 3.23. The van der Waals surface area contributed by atoms with Gasteiger partial charge in [0.05, 0.1) is 11.1 Å². The fourth-order valence-corrected chi connectivity index (χ4v) is 3.00. The third-order valence-corrected chi connectivity index (χ3v) is 4.74. The van der Waals surface area contributed by atoms with E-state index in [1.54, 1.807) is 6.07 Å². The number of aromatic hydroxyl groups is 1. The summed E-state index contributed by atoms with van der Waals surface area (Å²) >= 11 is 9.48. The lowest BCUT2D eigenvalue weighted by molar-refractivity contribution is 0.469. The average Bonchev–Trinajstić information content (AvgIpc) is 2.79. The lowest BCUT2D eigenvalue weighted by Crippen LogP contribution is -2.06. The number of fused-ring (bicyclic) bond motifs is 1. The summed E-state index contributed by atoms with van der Waals surface area (Å²) in [6.45, 7) is 0. The largest absolute Gasteiger partial charge is 0.508 e. The van der Waals surface area contributed by atoms with Gasteiger partial charge in [-0.2, -0.15) is 0 Å². The van der Waals surface area contributed by atoms with Crippen LogP contribution in [0.4, 0.5) is 5.69 Å². The first-order chi connectivity index (χ1) is 9.15. The number of phenolic OH excluding ortho intramolecular Hbond substituents is 1. The molecule has 2 aromatic rings. The van der Waals surface area contributed by atoms with Gasteiger partial charge in [-0.15, -0.1) is 0 Å². The van der Waals surface area contributed by atoms with Crippen LogP contribution in [-0.4, -0.2) is 5.11 Å². The molecule has 2 N–H and O–H groups in total. The van der Waals surface area contributed by atoms with Crippen LogP contribution in [0.5, 0.6) is 5.75 Å². The minimum atomic E-state index is 0.236. The first-order valence-corrected chi connectivity index (χ1v) is 7.34. The second kappa shape index (κ2) is 5.06. The molecule has 1 aliphatic rings. The van der Waals surface area contributed by atoms with E-state index in [2.05, 4.69) is 27.3 Å². The van der Waals surface area contributed by atoms with Crippen molar-refractivity contribution < 1.29 is 5.11 Å². The number of rotatable bonds is 2. The Morgan fingerprint density at radius 3 is 2.89 bits per heavy atom. The zero-order chi connectivity index (χ0) is 13.4. The Labute approximate surface area is 125 Å². The topological polar surface area (TPSA) is 32.3 Å². The van der Waals surface area contributed by atoms with Gasteiger partial charge in [0, 0.05) is 10.2 Å². The molecule has 0 aliphatic heterocycles. The summed E-state index contributed by atoms with van der Waals surface area (Å²) in [6.07, 6.45) is 1.89. The molecule has 0 bridgehead atoms. The zero-order valence-corrected chi connectivity index (χ0v) is 12.5. The normalized spacial score (nSPS) is 17.3. The van der Waals surface area contributed by atoms with E-state index in [1.165, 1.54) is 5.56 Å². The molecule has 0 saturated heterocycles. The fraction of sp³-hybridized carbons (Fsp3) is 0.200. The highest BCUT2D eigenvalue weighted by Crippen LogP contribution is 2.38. The first-order valence-electron chi connectivity index (χ1n) is 6.17. The summed E-state index contributed by atoms with van der Waals surface area (Å²) < 4.78 is 0.893. The molecule has 0 fully saturated rings. The summed E-state index contributed by atoms with van der Waals surface area (Å²) in [5.74, 6) is 0.399. The molecule has 0 aromatic heterocycles. The summed E-state index contributed by atoms with van der Waals surface area (Å²) in [5, 5.41) is 14.0. The van der Waals surface area contributed by atoms with Crippen molar-refractivity contribution in [1.82, 2.24) is 0 Å². The maximum Gasteiger partial charge on any atom is 0.119 e. The first kappa shape index (κ1) is 12.8. The van der Waals surface area contributed by atoms with Crippen LogP contribution in [0.2, 0.25) is 5.02 Å². The van der Waals surface area contributed by atoms with E-state index >= 15 is 0 Å². The number of phenols is 1. The summed E-state index contributed by atoms with van der Waals surface area (Å²) in [7, 11) is 0. The van der Waals surface area contributed by atoms with Crippen molar-refractivity contribution in [3.05, 3.63) is 57.0 Å². The van der Waals surface area contributed by atoms with Gasteiger partial charge in [-0.1, -0.05) is 23.7 Å². The summed E-state index contributed by atoms with van der Waals surface area (Å²) in [6, 6.07) is 11.8. The lowest BCUT2D eigenvalue weighted by atomic mass is 10.1. The van der Waals surface area contributed by atoms with E-state index in [0.29, 0.717) is 10.8 Å². The Morgan fingerprint density at radius 1 is 1.26 bits per heavy atom. The summed E-state index contributed by atoms with van der Waals surface area (Å²) in [4.78, 5) is 0. The Morgan fingerprint density at radius 2 is 2.11 bits per heavy atom. The molecule has 2 aromatic carbocycles. The van der Waals surface area contributed by atoms with Crippen LogP contribution in [-0.2, 0) is 6.42 Å². The Kier molecular flexibility index (Phi) is 3.42. The monoisotopic (exact) mass is 337 g/mol. The van der Waals surface area contributed by atoms with E-state index in [0.717, 1.165) is 28.6 Å². The van der Waals surface area contributed by atoms with E-state index < -0.39 is 0 Å². The van der Waals surface area contributed by atoms with Crippen molar-refractivity contribution in [3.8, 4) is 5.75 Å². The number of nitrogens with one attached hydrogen (secondary N) is 1. The molecule has 2 nitrogen and oxygen atoms in total. The number of halogens is 2. The molecule has 0 amide bonds. The van der Waals surface area contributed by atoms with Gasteiger partial charge >= 0.3 is 0 Å². The quantitative estimate of drug-likeness (QED) is 0.815. The van der Waals surface area contributed by atoms with E-state index in [9.17, 15) is 5.11 Å². The third-order valence-electron chi connectivity index (χ3n) is 3.51. The van der Waals surface area contributed by atoms with Crippen LogP contribution < -0.4 is 5.32 Å². The predicted molar refractivity (Wildman–Crippen MR) is 81.9 cm³/mol.